The number of hydrogen-bond acceptors (Lipinski definition) is 6. The van der Waals surface area contributed by atoms with Crippen molar-refractivity contribution in [3.05, 3.63) is 35.4 Å². The van der Waals surface area contributed by atoms with E-state index >= 15 is 0 Å². The molecule has 114 valence electrons. The van der Waals surface area contributed by atoms with Gasteiger partial charge in [-0.25, -0.2) is 4.79 Å². The Morgan fingerprint density at radius 2 is 1.43 bits per heavy atom. The fraction of sp³-hybridized carbons (Fsp3) is 0.400. The van der Waals surface area contributed by atoms with Crippen LogP contribution in [-0.2, 0) is 23.8 Å². The van der Waals surface area contributed by atoms with Gasteiger partial charge in [0.15, 0.2) is 5.92 Å². The lowest BCUT2D eigenvalue weighted by molar-refractivity contribution is -0.156. The summed E-state index contributed by atoms with van der Waals surface area (Å²) < 4.78 is 14.4. The molecule has 0 saturated carbocycles. The van der Waals surface area contributed by atoms with Crippen molar-refractivity contribution in [3.63, 3.8) is 0 Å². The highest BCUT2D eigenvalue weighted by Crippen LogP contribution is 2.20. The average molecular weight is 294 g/mol. The van der Waals surface area contributed by atoms with Gasteiger partial charge in [-0.1, -0.05) is 12.1 Å². The van der Waals surface area contributed by atoms with Crippen molar-refractivity contribution in [1.29, 1.82) is 0 Å². The van der Waals surface area contributed by atoms with Crippen LogP contribution in [0.2, 0.25) is 0 Å². The van der Waals surface area contributed by atoms with E-state index in [1.165, 1.54) is 31.4 Å². The maximum atomic E-state index is 11.9. The minimum atomic E-state index is -1.16. The number of ether oxygens (including phenoxy) is 3. The zero-order valence-corrected chi connectivity index (χ0v) is 12.3. The van der Waals surface area contributed by atoms with Crippen LogP contribution in [0.25, 0.3) is 0 Å². The fourth-order valence-corrected chi connectivity index (χ4v) is 1.75. The molecule has 1 rings (SSSR count). The van der Waals surface area contributed by atoms with Crippen molar-refractivity contribution >= 4 is 17.9 Å². The molecule has 0 aliphatic rings. The quantitative estimate of drug-likeness (QED) is 0.451. The summed E-state index contributed by atoms with van der Waals surface area (Å²) in [6.07, 6.45) is 0. The predicted molar refractivity (Wildman–Crippen MR) is 73.8 cm³/mol. The Bertz CT molecular complexity index is 487. The smallest absolute Gasteiger partial charge is 0.337 e. The van der Waals surface area contributed by atoms with Gasteiger partial charge in [0.05, 0.1) is 25.9 Å². The Labute approximate surface area is 123 Å². The van der Waals surface area contributed by atoms with Crippen LogP contribution in [0.1, 0.15) is 35.7 Å². The van der Waals surface area contributed by atoms with Crippen molar-refractivity contribution in [1.82, 2.24) is 0 Å². The second-order valence-electron chi connectivity index (χ2n) is 4.05. The topological polar surface area (TPSA) is 78.9 Å². The molecule has 0 aliphatic carbocycles. The third-order valence-electron chi connectivity index (χ3n) is 2.71. The molecule has 6 heteroatoms. The minimum Gasteiger partial charge on any atom is -0.465 e. The van der Waals surface area contributed by atoms with Gasteiger partial charge < -0.3 is 14.2 Å². The number of rotatable bonds is 6. The summed E-state index contributed by atoms with van der Waals surface area (Å²) in [5, 5.41) is 0. The van der Waals surface area contributed by atoms with Crippen molar-refractivity contribution in [2.75, 3.05) is 20.3 Å². The van der Waals surface area contributed by atoms with Gasteiger partial charge in [0.2, 0.25) is 0 Å². The molecule has 0 unspecified atom stereocenters. The molecule has 0 N–H and O–H groups in total. The molecule has 0 aliphatic heterocycles. The highest BCUT2D eigenvalue weighted by molar-refractivity contribution is 6.01. The van der Waals surface area contributed by atoms with Gasteiger partial charge in [0, 0.05) is 0 Å². The summed E-state index contributed by atoms with van der Waals surface area (Å²) in [7, 11) is 1.27. The molecule has 0 aromatic heterocycles. The lowest BCUT2D eigenvalue weighted by Gasteiger charge is -2.14. The number of benzene rings is 1. The normalized spacial score (nSPS) is 10.1. The number of esters is 3. The number of carbonyl (C=O) groups is 3. The first-order chi connectivity index (χ1) is 10.0. The van der Waals surface area contributed by atoms with Crippen LogP contribution in [0.3, 0.4) is 0 Å². The van der Waals surface area contributed by atoms with E-state index in [9.17, 15) is 14.4 Å². The van der Waals surface area contributed by atoms with Gasteiger partial charge in [-0.3, -0.25) is 9.59 Å². The molecule has 0 saturated heterocycles. The molecule has 0 amide bonds. The van der Waals surface area contributed by atoms with Crippen LogP contribution in [-0.4, -0.2) is 38.2 Å². The van der Waals surface area contributed by atoms with Crippen LogP contribution < -0.4 is 0 Å². The molecule has 0 spiro atoms. The van der Waals surface area contributed by atoms with Crippen molar-refractivity contribution < 1.29 is 28.6 Å². The first-order valence-corrected chi connectivity index (χ1v) is 6.56. The first kappa shape index (κ1) is 16.7. The average Bonchev–Trinajstić information content (AvgIpc) is 2.48. The number of carbonyl (C=O) groups excluding carboxylic acids is 3. The summed E-state index contributed by atoms with van der Waals surface area (Å²) in [6, 6.07) is 5.97. The lowest BCUT2D eigenvalue weighted by atomic mass is 9.98. The highest BCUT2D eigenvalue weighted by Gasteiger charge is 2.31. The van der Waals surface area contributed by atoms with E-state index in [2.05, 4.69) is 4.74 Å². The molecule has 0 bridgehead atoms. The largest absolute Gasteiger partial charge is 0.465 e. The molecular formula is C15H18O6. The van der Waals surface area contributed by atoms with E-state index in [4.69, 9.17) is 9.47 Å². The fourth-order valence-electron chi connectivity index (χ4n) is 1.75. The maximum absolute atomic E-state index is 11.9. The SMILES string of the molecule is CCOC(=O)C(C(=O)OCC)c1ccc(C(=O)OC)cc1. The van der Waals surface area contributed by atoms with Gasteiger partial charge >= 0.3 is 17.9 Å². The summed E-state index contributed by atoms with van der Waals surface area (Å²) in [4.78, 5) is 35.2. The Kier molecular flexibility index (Phi) is 6.39. The minimum absolute atomic E-state index is 0.162. The van der Waals surface area contributed by atoms with E-state index in [0.29, 0.717) is 11.1 Å². The van der Waals surface area contributed by atoms with Crippen molar-refractivity contribution in [2.24, 2.45) is 0 Å². The molecule has 0 atom stereocenters. The van der Waals surface area contributed by atoms with E-state index in [0.717, 1.165) is 0 Å². The van der Waals surface area contributed by atoms with E-state index in [-0.39, 0.29) is 13.2 Å². The lowest BCUT2D eigenvalue weighted by Crippen LogP contribution is -2.26. The third-order valence-corrected chi connectivity index (χ3v) is 2.71. The molecule has 1 aromatic carbocycles. The standard InChI is InChI=1S/C15H18O6/c1-4-20-14(17)12(15(18)21-5-2)10-6-8-11(9-7-10)13(16)19-3/h6-9,12H,4-5H2,1-3H3. The van der Waals surface area contributed by atoms with E-state index in [1.807, 2.05) is 0 Å². The Hall–Kier alpha value is -2.37. The van der Waals surface area contributed by atoms with Gasteiger partial charge in [-0.2, -0.15) is 0 Å². The molecule has 0 heterocycles. The third kappa shape index (κ3) is 4.30. The Morgan fingerprint density at radius 3 is 1.81 bits per heavy atom. The molecule has 6 nitrogen and oxygen atoms in total. The summed E-state index contributed by atoms with van der Waals surface area (Å²) in [6.45, 7) is 3.63. The van der Waals surface area contributed by atoms with Crippen LogP contribution in [0.4, 0.5) is 0 Å². The van der Waals surface area contributed by atoms with Gasteiger partial charge in [-0.15, -0.1) is 0 Å². The van der Waals surface area contributed by atoms with Crippen LogP contribution >= 0.6 is 0 Å². The van der Waals surface area contributed by atoms with Crippen molar-refractivity contribution in [3.8, 4) is 0 Å². The second-order valence-corrected chi connectivity index (χ2v) is 4.05. The zero-order chi connectivity index (χ0) is 15.8. The summed E-state index contributed by atoms with van der Waals surface area (Å²) in [5.74, 6) is -3.01. The van der Waals surface area contributed by atoms with Crippen LogP contribution in [0.5, 0.6) is 0 Å². The Balaban J connectivity index is 3.05. The summed E-state index contributed by atoms with van der Waals surface area (Å²) in [5.41, 5.74) is 0.729. The molecule has 0 radical (unpaired) electrons. The monoisotopic (exact) mass is 294 g/mol. The molecular weight excluding hydrogens is 276 g/mol. The van der Waals surface area contributed by atoms with Gasteiger partial charge in [0.25, 0.3) is 0 Å². The van der Waals surface area contributed by atoms with E-state index in [1.54, 1.807) is 13.8 Å². The number of hydrogen-bond donors (Lipinski definition) is 0. The highest BCUT2D eigenvalue weighted by atomic mass is 16.6. The first-order valence-electron chi connectivity index (χ1n) is 6.56. The predicted octanol–water partition coefficient (Wildman–Crippen LogP) is 1.68. The molecule has 0 fully saturated rings. The summed E-state index contributed by atoms with van der Waals surface area (Å²) >= 11 is 0. The number of methoxy groups -OCH3 is 1. The van der Waals surface area contributed by atoms with Gasteiger partial charge in [0.1, 0.15) is 0 Å². The Morgan fingerprint density at radius 1 is 0.952 bits per heavy atom. The van der Waals surface area contributed by atoms with Gasteiger partial charge in [-0.05, 0) is 31.5 Å². The van der Waals surface area contributed by atoms with Crippen LogP contribution in [0.15, 0.2) is 24.3 Å². The molecule has 21 heavy (non-hydrogen) atoms. The van der Waals surface area contributed by atoms with Crippen molar-refractivity contribution in [2.45, 2.75) is 19.8 Å². The zero-order valence-electron chi connectivity index (χ0n) is 12.3. The maximum Gasteiger partial charge on any atom is 0.337 e. The molecule has 1 aromatic rings. The second kappa shape index (κ2) is 8.04. The van der Waals surface area contributed by atoms with E-state index < -0.39 is 23.8 Å². The van der Waals surface area contributed by atoms with Crippen LogP contribution in [0, 0.1) is 0 Å².